The molecule has 0 aromatic heterocycles. The van der Waals surface area contributed by atoms with E-state index in [1.165, 1.54) is 41.5 Å². The molecule has 2 aromatic carbocycles. The highest BCUT2D eigenvalue weighted by Gasteiger charge is 2.14. The Labute approximate surface area is 138 Å². The van der Waals surface area contributed by atoms with Crippen LogP contribution in [0.4, 0.5) is 10.5 Å². The third-order valence-electron chi connectivity index (χ3n) is 4.53. The van der Waals surface area contributed by atoms with E-state index in [-0.39, 0.29) is 12.1 Å². The summed E-state index contributed by atoms with van der Waals surface area (Å²) in [5, 5.41) is 5.90. The maximum Gasteiger partial charge on any atom is 0.319 e. The quantitative estimate of drug-likeness (QED) is 0.843. The third-order valence-corrected chi connectivity index (χ3v) is 4.53. The Bertz CT molecular complexity index is 691. The van der Waals surface area contributed by atoms with Gasteiger partial charge in [-0.15, -0.1) is 0 Å². The highest BCUT2D eigenvalue weighted by Crippen LogP contribution is 2.24. The molecule has 0 saturated carbocycles. The number of rotatable bonds is 3. The van der Waals surface area contributed by atoms with Gasteiger partial charge in [0.15, 0.2) is 0 Å². The molecule has 1 unspecified atom stereocenters. The van der Waals surface area contributed by atoms with Crippen LogP contribution in [0.25, 0.3) is 0 Å². The molecule has 23 heavy (non-hydrogen) atoms. The van der Waals surface area contributed by atoms with Crippen LogP contribution in [-0.4, -0.2) is 6.03 Å². The molecule has 120 valence electrons. The van der Waals surface area contributed by atoms with Crippen molar-refractivity contribution < 1.29 is 4.79 Å². The van der Waals surface area contributed by atoms with E-state index in [0.717, 1.165) is 12.1 Å². The monoisotopic (exact) mass is 308 g/mol. The number of nitrogens with one attached hydrogen (secondary N) is 2. The lowest BCUT2D eigenvalue weighted by atomic mass is 9.89. The number of amides is 2. The molecule has 0 radical (unpaired) electrons. The minimum atomic E-state index is -0.168. The van der Waals surface area contributed by atoms with Crippen molar-refractivity contribution in [3.05, 3.63) is 64.7 Å². The normalized spacial score (nSPS) is 14.7. The fraction of sp³-hybridized carbons (Fsp3) is 0.350. The molecule has 0 aliphatic heterocycles. The molecule has 2 amide bonds. The van der Waals surface area contributed by atoms with Gasteiger partial charge >= 0.3 is 6.03 Å². The van der Waals surface area contributed by atoms with E-state index in [9.17, 15) is 4.79 Å². The number of carbonyl (C=O) groups is 1. The maximum atomic E-state index is 12.1. The second-order valence-corrected chi connectivity index (χ2v) is 6.42. The van der Waals surface area contributed by atoms with Crippen LogP contribution in [0, 0.1) is 6.92 Å². The van der Waals surface area contributed by atoms with Crippen LogP contribution in [0.3, 0.4) is 0 Å². The molecule has 3 heteroatoms. The van der Waals surface area contributed by atoms with Crippen molar-refractivity contribution in [1.82, 2.24) is 5.32 Å². The van der Waals surface area contributed by atoms with Crippen molar-refractivity contribution >= 4 is 11.7 Å². The largest absolute Gasteiger partial charge is 0.331 e. The van der Waals surface area contributed by atoms with Gasteiger partial charge in [-0.1, -0.05) is 35.9 Å². The first-order valence-corrected chi connectivity index (χ1v) is 8.38. The number of urea groups is 1. The number of aryl methyl sites for hydroxylation is 3. The zero-order chi connectivity index (χ0) is 16.2. The highest BCUT2D eigenvalue weighted by atomic mass is 16.2. The molecule has 1 atom stereocenters. The van der Waals surface area contributed by atoms with Crippen molar-refractivity contribution in [1.29, 1.82) is 0 Å². The topological polar surface area (TPSA) is 41.1 Å². The maximum absolute atomic E-state index is 12.1. The molecule has 3 nitrogen and oxygen atoms in total. The van der Waals surface area contributed by atoms with Crippen LogP contribution in [0.1, 0.15) is 48.1 Å². The summed E-state index contributed by atoms with van der Waals surface area (Å²) in [7, 11) is 0. The first kappa shape index (κ1) is 15.6. The summed E-state index contributed by atoms with van der Waals surface area (Å²) in [6.45, 7) is 4.06. The number of benzene rings is 2. The summed E-state index contributed by atoms with van der Waals surface area (Å²) in [4.78, 5) is 12.1. The van der Waals surface area contributed by atoms with Crippen molar-refractivity contribution in [3.8, 4) is 0 Å². The summed E-state index contributed by atoms with van der Waals surface area (Å²) in [5.41, 5.74) is 6.08. The van der Waals surface area contributed by atoms with Crippen molar-refractivity contribution in [3.63, 3.8) is 0 Å². The lowest BCUT2D eigenvalue weighted by Gasteiger charge is -2.20. The Morgan fingerprint density at radius 3 is 2.43 bits per heavy atom. The molecule has 0 fully saturated rings. The molecule has 1 aliphatic rings. The fourth-order valence-corrected chi connectivity index (χ4v) is 3.11. The van der Waals surface area contributed by atoms with Gasteiger partial charge in [-0.2, -0.15) is 0 Å². The molecule has 0 heterocycles. The Morgan fingerprint density at radius 1 is 1.00 bits per heavy atom. The first-order valence-electron chi connectivity index (χ1n) is 8.38. The Balaban J connectivity index is 1.63. The molecule has 2 N–H and O–H groups in total. The van der Waals surface area contributed by atoms with Gasteiger partial charge in [0.25, 0.3) is 0 Å². The first-order chi connectivity index (χ1) is 11.1. The van der Waals surface area contributed by atoms with Gasteiger partial charge in [-0.25, -0.2) is 4.79 Å². The molecule has 1 aliphatic carbocycles. The number of fused-ring (bicyclic) bond motifs is 1. The summed E-state index contributed by atoms with van der Waals surface area (Å²) in [6, 6.07) is 14.3. The van der Waals surface area contributed by atoms with E-state index in [4.69, 9.17) is 0 Å². The van der Waals surface area contributed by atoms with Gasteiger partial charge in [0, 0.05) is 5.69 Å². The summed E-state index contributed by atoms with van der Waals surface area (Å²) in [5.74, 6) is 0. The van der Waals surface area contributed by atoms with Crippen LogP contribution in [-0.2, 0) is 12.8 Å². The number of hydrogen-bond donors (Lipinski definition) is 2. The van der Waals surface area contributed by atoms with Gasteiger partial charge in [0.1, 0.15) is 0 Å². The molecule has 0 bridgehead atoms. The lowest BCUT2D eigenvalue weighted by Crippen LogP contribution is -2.31. The fourth-order valence-electron chi connectivity index (χ4n) is 3.11. The molecule has 0 spiro atoms. The van der Waals surface area contributed by atoms with Crippen LogP contribution in [0.15, 0.2) is 42.5 Å². The average Bonchev–Trinajstić information content (AvgIpc) is 2.56. The van der Waals surface area contributed by atoms with Crippen molar-refractivity contribution in [2.24, 2.45) is 0 Å². The van der Waals surface area contributed by atoms with Gasteiger partial charge < -0.3 is 10.6 Å². The Morgan fingerprint density at radius 2 is 1.70 bits per heavy atom. The summed E-state index contributed by atoms with van der Waals surface area (Å²) in [6.07, 6.45) is 4.90. The van der Waals surface area contributed by atoms with Crippen LogP contribution in [0.2, 0.25) is 0 Å². The van der Waals surface area contributed by atoms with Crippen LogP contribution < -0.4 is 10.6 Å². The second-order valence-electron chi connectivity index (χ2n) is 6.42. The number of hydrogen-bond acceptors (Lipinski definition) is 1. The van der Waals surface area contributed by atoms with Crippen molar-refractivity contribution in [2.45, 2.75) is 45.6 Å². The zero-order valence-corrected chi connectivity index (χ0v) is 13.9. The van der Waals surface area contributed by atoms with Crippen LogP contribution >= 0.6 is 0 Å². The van der Waals surface area contributed by atoms with Crippen molar-refractivity contribution in [2.75, 3.05) is 5.32 Å². The second kappa shape index (κ2) is 6.86. The lowest BCUT2D eigenvalue weighted by molar-refractivity contribution is 0.249. The van der Waals surface area contributed by atoms with E-state index in [0.29, 0.717) is 0 Å². The molecular formula is C20H24N2O. The van der Waals surface area contributed by atoms with E-state index in [1.54, 1.807) is 0 Å². The van der Waals surface area contributed by atoms with E-state index >= 15 is 0 Å². The molecule has 3 rings (SSSR count). The Kier molecular flexibility index (Phi) is 4.65. The standard InChI is InChI=1S/C20H24N2O/c1-14-7-11-19(12-8-14)22-20(23)21-15(2)17-10-9-16-5-3-4-6-18(16)13-17/h7-13,15H,3-6H2,1-2H3,(H2,21,22,23). The van der Waals surface area contributed by atoms with Gasteiger partial charge in [-0.3, -0.25) is 0 Å². The third kappa shape index (κ3) is 3.92. The number of anilines is 1. The zero-order valence-electron chi connectivity index (χ0n) is 13.9. The summed E-state index contributed by atoms with van der Waals surface area (Å²) < 4.78 is 0. The molecule has 0 saturated heterocycles. The van der Waals surface area contributed by atoms with Gasteiger partial charge in [0.2, 0.25) is 0 Å². The molecule has 2 aromatic rings. The van der Waals surface area contributed by atoms with Gasteiger partial charge in [-0.05, 0) is 68.4 Å². The summed E-state index contributed by atoms with van der Waals surface area (Å²) >= 11 is 0. The minimum Gasteiger partial charge on any atom is -0.331 e. The number of carbonyl (C=O) groups excluding carboxylic acids is 1. The predicted octanol–water partition coefficient (Wildman–Crippen LogP) is 4.76. The predicted molar refractivity (Wildman–Crippen MR) is 94.8 cm³/mol. The van der Waals surface area contributed by atoms with Gasteiger partial charge in [0.05, 0.1) is 6.04 Å². The average molecular weight is 308 g/mol. The van der Waals surface area contributed by atoms with E-state index in [1.807, 2.05) is 38.1 Å². The van der Waals surface area contributed by atoms with Crippen LogP contribution in [0.5, 0.6) is 0 Å². The minimum absolute atomic E-state index is 0.00678. The van der Waals surface area contributed by atoms with E-state index < -0.39 is 0 Å². The van der Waals surface area contributed by atoms with E-state index in [2.05, 4.69) is 28.8 Å². The highest BCUT2D eigenvalue weighted by molar-refractivity contribution is 5.89. The Hall–Kier alpha value is -2.29. The SMILES string of the molecule is Cc1ccc(NC(=O)NC(C)c2ccc3c(c2)CCCC3)cc1. The molecular weight excluding hydrogens is 284 g/mol. The smallest absolute Gasteiger partial charge is 0.319 e.